The molecule has 0 saturated heterocycles. The van der Waals surface area contributed by atoms with E-state index in [9.17, 15) is 14.0 Å². The average Bonchev–Trinajstić information content (AvgIpc) is 2.92. The fraction of sp³-hybridized carbons (Fsp3) is 0.389. The third-order valence-corrected chi connectivity index (χ3v) is 4.64. The Morgan fingerprint density at radius 1 is 1.32 bits per heavy atom. The van der Waals surface area contributed by atoms with Gasteiger partial charge in [0.15, 0.2) is 5.82 Å². The second-order valence-electron chi connectivity index (χ2n) is 6.47. The van der Waals surface area contributed by atoms with Crippen molar-refractivity contribution in [3.8, 4) is 0 Å². The Labute approximate surface area is 145 Å². The topological polar surface area (TPSA) is 75.4 Å². The lowest BCUT2D eigenvalue weighted by Gasteiger charge is -2.43. The molecule has 0 unspecified atom stereocenters. The van der Waals surface area contributed by atoms with E-state index in [1.54, 1.807) is 32.2 Å². The number of amides is 2. The van der Waals surface area contributed by atoms with Crippen LogP contribution in [-0.4, -0.2) is 35.5 Å². The van der Waals surface area contributed by atoms with Crippen LogP contribution in [0.3, 0.4) is 0 Å². The number of anilines is 1. The molecule has 0 radical (unpaired) electrons. The van der Waals surface area contributed by atoms with Crippen molar-refractivity contribution in [3.63, 3.8) is 0 Å². The number of benzene rings is 1. The minimum atomic E-state index is -0.660. The molecule has 6 nitrogen and oxygen atoms in total. The maximum atomic E-state index is 13.2. The molecule has 1 heterocycles. The van der Waals surface area contributed by atoms with Crippen molar-refractivity contribution in [1.29, 1.82) is 0 Å². The number of halogens is 1. The number of aromatic nitrogens is 1. The molecular formula is C18H20FN3O3. The summed E-state index contributed by atoms with van der Waals surface area (Å²) in [6.45, 7) is 1.63. The highest BCUT2D eigenvalue weighted by Gasteiger charge is 2.47. The molecule has 25 heavy (non-hydrogen) atoms. The zero-order chi connectivity index (χ0) is 18.0. The first-order valence-electron chi connectivity index (χ1n) is 8.15. The van der Waals surface area contributed by atoms with Gasteiger partial charge in [0.25, 0.3) is 0 Å². The second-order valence-corrected chi connectivity index (χ2v) is 6.47. The first kappa shape index (κ1) is 17.1. The van der Waals surface area contributed by atoms with Crippen LogP contribution < -0.4 is 5.32 Å². The van der Waals surface area contributed by atoms with E-state index >= 15 is 0 Å². The lowest BCUT2D eigenvalue weighted by atomic mass is 9.63. The Bertz CT molecular complexity index is 781. The highest BCUT2D eigenvalue weighted by molar-refractivity contribution is 5.96. The number of rotatable bonds is 5. The maximum Gasteiger partial charge on any atom is 0.245 e. The fourth-order valence-corrected chi connectivity index (χ4v) is 3.19. The van der Waals surface area contributed by atoms with Crippen molar-refractivity contribution in [2.45, 2.75) is 31.6 Å². The summed E-state index contributed by atoms with van der Waals surface area (Å²) in [6, 6.07) is 7.63. The molecular weight excluding hydrogens is 325 g/mol. The maximum absolute atomic E-state index is 13.2. The van der Waals surface area contributed by atoms with Gasteiger partial charge in [-0.15, -0.1) is 0 Å². The summed E-state index contributed by atoms with van der Waals surface area (Å²) < 4.78 is 18.1. The van der Waals surface area contributed by atoms with Crippen LogP contribution in [0.5, 0.6) is 0 Å². The molecule has 1 saturated carbocycles. The van der Waals surface area contributed by atoms with Gasteiger partial charge in [-0.05, 0) is 37.5 Å². The van der Waals surface area contributed by atoms with Crippen molar-refractivity contribution in [2.24, 2.45) is 0 Å². The van der Waals surface area contributed by atoms with E-state index < -0.39 is 5.41 Å². The Balaban J connectivity index is 1.68. The van der Waals surface area contributed by atoms with Gasteiger partial charge in [-0.25, -0.2) is 4.39 Å². The molecule has 0 aliphatic heterocycles. The van der Waals surface area contributed by atoms with E-state index in [4.69, 9.17) is 4.52 Å². The summed E-state index contributed by atoms with van der Waals surface area (Å²) in [5.74, 6) is 0.0978. The Kier molecular flexibility index (Phi) is 4.57. The van der Waals surface area contributed by atoms with Crippen LogP contribution in [0.4, 0.5) is 10.2 Å². The van der Waals surface area contributed by atoms with E-state index in [1.807, 2.05) is 0 Å². The van der Waals surface area contributed by atoms with Crippen LogP contribution in [0.1, 0.15) is 30.6 Å². The number of nitrogens with one attached hydrogen (secondary N) is 1. The first-order valence-corrected chi connectivity index (χ1v) is 8.15. The Morgan fingerprint density at radius 3 is 2.52 bits per heavy atom. The number of carbonyl (C=O) groups excluding carboxylic acids is 2. The largest absolute Gasteiger partial charge is 0.360 e. The summed E-state index contributed by atoms with van der Waals surface area (Å²) in [6.07, 6.45) is 2.33. The van der Waals surface area contributed by atoms with Gasteiger partial charge < -0.3 is 14.7 Å². The first-order chi connectivity index (χ1) is 11.9. The predicted octanol–water partition coefficient (Wildman–Crippen LogP) is 2.64. The highest BCUT2D eigenvalue weighted by atomic mass is 19.1. The van der Waals surface area contributed by atoms with Gasteiger partial charge in [0, 0.05) is 13.1 Å². The average molecular weight is 345 g/mol. The third-order valence-electron chi connectivity index (χ3n) is 4.64. The van der Waals surface area contributed by atoms with Crippen LogP contribution in [0.15, 0.2) is 34.9 Å². The molecule has 1 aliphatic rings. The Morgan fingerprint density at radius 2 is 2.00 bits per heavy atom. The standard InChI is InChI=1S/C18H20FN3O3/c1-12-10-15(21-25-12)20-16(23)11-22(2)17(24)18(8-3-9-18)13-4-6-14(19)7-5-13/h4-7,10H,3,8-9,11H2,1-2H3,(H,20,21,23). The van der Waals surface area contributed by atoms with Gasteiger partial charge >= 0.3 is 0 Å². The van der Waals surface area contributed by atoms with Crippen LogP contribution in [0.2, 0.25) is 0 Å². The van der Waals surface area contributed by atoms with Crippen molar-refractivity contribution < 1.29 is 18.5 Å². The minimum Gasteiger partial charge on any atom is -0.360 e. The molecule has 0 bridgehead atoms. The zero-order valence-corrected chi connectivity index (χ0v) is 14.2. The van der Waals surface area contributed by atoms with Gasteiger partial charge in [-0.3, -0.25) is 9.59 Å². The SMILES string of the molecule is Cc1cc(NC(=O)CN(C)C(=O)C2(c3ccc(F)cc3)CCC2)no1. The quantitative estimate of drug-likeness (QED) is 0.904. The van der Waals surface area contributed by atoms with E-state index in [2.05, 4.69) is 10.5 Å². The molecule has 1 aromatic carbocycles. The molecule has 1 N–H and O–H groups in total. The van der Waals surface area contributed by atoms with E-state index in [0.717, 1.165) is 12.0 Å². The number of carbonyl (C=O) groups is 2. The molecule has 1 aliphatic carbocycles. The van der Waals surface area contributed by atoms with Gasteiger partial charge in [0.2, 0.25) is 11.8 Å². The number of hydrogen-bond acceptors (Lipinski definition) is 4. The molecule has 2 aromatic rings. The summed E-state index contributed by atoms with van der Waals surface area (Å²) in [4.78, 5) is 26.5. The second kappa shape index (κ2) is 6.66. The molecule has 132 valence electrons. The number of aryl methyl sites for hydroxylation is 1. The van der Waals surface area contributed by atoms with E-state index in [0.29, 0.717) is 24.4 Å². The summed E-state index contributed by atoms with van der Waals surface area (Å²) in [5.41, 5.74) is 0.136. The molecule has 7 heteroatoms. The van der Waals surface area contributed by atoms with Crippen LogP contribution in [0.25, 0.3) is 0 Å². The summed E-state index contributed by atoms with van der Waals surface area (Å²) in [5, 5.41) is 6.29. The molecule has 3 rings (SSSR count). The van der Waals surface area contributed by atoms with Crippen LogP contribution in [-0.2, 0) is 15.0 Å². The Hall–Kier alpha value is -2.70. The monoisotopic (exact) mass is 345 g/mol. The van der Waals surface area contributed by atoms with Gasteiger partial charge in [0.1, 0.15) is 11.6 Å². The summed E-state index contributed by atoms with van der Waals surface area (Å²) in [7, 11) is 1.60. The highest BCUT2D eigenvalue weighted by Crippen LogP contribution is 2.45. The van der Waals surface area contributed by atoms with Crippen molar-refractivity contribution in [3.05, 3.63) is 47.5 Å². The van der Waals surface area contributed by atoms with Crippen molar-refractivity contribution in [1.82, 2.24) is 10.1 Å². The fourth-order valence-electron chi connectivity index (χ4n) is 3.19. The molecule has 2 amide bonds. The van der Waals surface area contributed by atoms with Crippen molar-refractivity contribution >= 4 is 17.6 Å². The third kappa shape index (κ3) is 3.40. The van der Waals surface area contributed by atoms with E-state index in [1.165, 1.54) is 17.0 Å². The van der Waals surface area contributed by atoms with Gasteiger partial charge in [0.05, 0.1) is 12.0 Å². The predicted molar refractivity (Wildman–Crippen MR) is 89.4 cm³/mol. The molecule has 1 fully saturated rings. The van der Waals surface area contributed by atoms with Crippen LogP contribution in [0, 0.1) is 12.7 Å². The number of likely N-dealkylation sites (N-methyl/N-ethyl adjacent to an activating group) is 1. The lowest BCUT2D eigenvalue weighted by molar-refractivity contribution is -0.141. The molecule has 1 aromatic heterocycles. The molecule has 0 spiro atoms. The molecule has 0 atom stereocenters. The van der Waals surface area contributed by atoms with Crippen LogP contribution >= 0.6 is 0 Å². The lowest BCUT2D eigenvalue weighted by Crippen LogP contribution is -2.51. The minimum absolute atomic E-state index is 0.0896. The number of hydrogen-bond donors (Lipinski definition) is 1. The van der Waals surface area contributed by atoms with E-state index in [-0.39, 0.29) is 24.2 Å². The summed E-state index contributed by atoms with van der Waals surface area (Å²) >= 11 is 0. The van der Waals surface area contributed by atoms with Gasteiger partial charge in [-0.1, -0.05) is 23.7 Å². The number of nitrogens with zero attached hydrogens (tertiary/aromatic N) is 2. The van der Waals surface area contributed by atoms with Gasteiger partial charge in [-0.2, -0.15) is 0 Å². The smallest absolute Gasteiger partial charge is 0.245 e. The zero-order valence-electron chi connectivity index (χ0n) is 14.2. The normalized spacial score (nSPS) is 15.3. The van der Waals surface area contributed by atoms with Crippen molar-refractivity contribution in [2.75, 3.05) is 18.9 Å².